The molecule has 0 atom stereocenters. The molecular weight excluding hydrogens is 471 g/mol. The van der Waals surface area contributed by atoms with Gasteiger partial charge in [-0.1, -0.05) is 24.3 Å². The van der Waals surface area contributed by atoms with E-state index in [-0.39, 0.29) is 19.4 Å². The molecule has 0 aromatic heterocycles. The Morgan fingerprint density at radius 1 is 0.824 bits per heavy atom. The molecule has 3 aromatic rings. The minimum absolute atomic E-state index is 0.0473. The Balaban J connectivity index is 2.04. The van der Waals surface area contributed by atoms with Crippen molar-refractivity contribution in [3.05, 3.63) is 89.0 Å². The van der Waals surface area contributed by atoms with Crippen LogP contribution in [-0.4, -0.2) is 33.2 Å². The van der Waals surface area contributed by atoms with Crippen LogP contribution in [0.3, 0.4) is 0 Å². The van der Waals surface area contributed by atoms with Gasteiger partial charge in [-0.25, -0.2) is 8.42 Å². The molecule has 0 fully saturated rings. The summed E-state index contributed by atoms with van der Waals surface area (Å²) >= 11 is 0. The number of carbonyl (C=O) groups is 1. The van der Waals surface area contributed by atoms with Gasteiger partial charge in [0.1, 0.15) is 11.5 Å². The molecule has 0 spiro atoms. The third-order valence-corrected chi connectivity index (χ3v) is 6.92. The highest BCUT2D eigenvalue weighted by molar-refractivity contribution is 7.89. The fourth-order valence-electron chi connectivity index (χ4n) is 3.29. The van der Waals surface area contributed by atoms with Crippen molar-refractivity contribution in [3.63, 3.8) is 0 Å². The Bertz CT molecular complexity index is 1190. The number of benzene rings is 3. The molecular formula is C24H22F3NO5S. The van der Waals surface area contributed by atoms with Gasteiger partial charge in [-0.2, -0.15) is 17.5 Å². The van der Waals surface area contributed by atoms with Gasteiger partial charge in [-0.05, 0) is 53.6 Å². The van der Waals surface area contributed by atoms with Gasteiger partial charge in [0.15, 0.2) is 6.29 Å². The van der Waals surface area contributed by atoms with Gasteiger partial charge < -0.3 is 9.47 Å². The lowest BCUT2D eigenvalue weighted by Crippen LogP contribution is -2.30. The summed E-state index contributed by atoms with van der Waals surface area (Å²) < 4.78 is 78.6. The van der Waals surface area contributed by atoms with Crippen LogP contribution in [0.25, 0.3) is 0 Å². The van der Waals surface area contributed by atoms with Crippen LogP contribution < -0.4 is 9.47 Å². The maximum absolute atomic E-state index is 13.5. The first-order valence-electron chi connectivity index (χ1n) is 10.0. The van der Waals surface area contributed by atoms with Gasteiger partial charge in [-0.15, -0.1) is 0 Å². The second kappa shape index (κ2) is 10.3. The van der Waals surface area contributed by atoms with Crippen molar-refractivity contribution in [1.82, 2.24) is 4.31 Å². The number of methoxy groups -OCH3 is 2. The smallest absolute Gasteiger partial charge is 0.417 e. The zero-order chi connectivity index (χ0) is 24.9. The van der Waals surface area contributed by atoms with Crippen LogP contribution >= 0.6 is 0 Å². The quantitative estimate of drug-likeness (QED) is 0.396. The number of sulfonamides is 1. The largest absolute Gasteiger partial charge is 0.497 e. The third kappa shape index (κ3) is 5.75. The van der Waals surface area contributed by atoms with Gasteiger partial charge in [0.2, 0.25) is 10.0 Å². The van der Waals surface area contributed by atoms with E-state index < -0.39 is 32.2 Å². The molecule has 0 bridgehead atoms. The predicted octanol–water partition coefficient (Wildman–Crippen LogP) is 4.93. The van der Waals surface area contributed by atoms with Gasteiger partial charge in [0.05, 0.1) is 24.7 Å². The molecule has 0 N–H and O–H groups in total. The summed E-state index contributed by atoms with van der Waals surface area (Å²) in [6.45, 7) is -0.204. The summed E-state index contributed by atoms with van der Waals surface area (Å²) in [7, 11) is -1.39. The average Bonchev–Trinajstić information content (AvgIpc) is 2.83. The Labute approximate surface area is 195 Å². The van der Waals surface area contributed by atoms with E-state index in [2.05, 4.69) is 0 Å². The van der Waals surface area contributed by atoms with Crippen molar-refractivity contribution in [1.29, 1.82) is 0 Å². The van der Waals surface area contributed by atoms with E-state index in [9.17, 15) is 26.4 Å². The molecule has 0 heterocycles. The van der Waals surface area contributed by atoms with Crippen LogP contribution in [0.15, 0.2) is 71.6 Å². The molecule has 0 saturated carbocycles. The Morgan fingerprint density at radius 3 is 1.68 bits per heavy atom. The number of hydrogen-bond acceptors (Lipinski definition) is 5. The van der Waals surface area contributed by atoms with Crippen LogP contribution in [0, 0.1) is 0 Å². The van der Waals surface area contributed by atoms with Gasteiger partial charge in [0, 0.05) is 18.7 Å². The molecule has 0 unspecified atom stereocenters. The first-order chi connectivity index (χ1) is 16.1. The topological polar surface area (TPSA) is 72.9 Å². The van der Waals surface area contributed by atoms with E-state index in [4.69, 9.17) is 9.47 Å². The normalized spacial score (nSPS) is 11.9. The highest BCUT2D eigenvalue weighted by atomic mass is 32.2. The second-order valence-electron chi connectivity index (χ2n) is 7.33. The van der Waals surface area contributed by atoms with Crippen LogP contribution in [0.1, 0.15) is 27.0 Å². The van der Waals surface area contributed by atoms with E-state index >= 15 is 0 Å². The maximum atomic E-state index is 13.5. The Hall–Kier alpha value is -3.37. The molecule has 3 aromatic carbocycles. The maximum Gasteiger partial charge on any atom is 0.417 e. The average molecular weight is 494 g/mol. The summed E-state index contributed by atoms with van der Waals surface area (Å²) in [5.41, 5.74) is -0.724. The summed E-state index contributed by atoms with van der Waals surface area (Å²) in [4.78, 5) is 10.5. The number of carbonyl (C=O) groups excluding carboxylic acids is 1. The number of aldehydes is 1. The third-order valence-electron chi connectivity index (χ3n) is 5.13. The summed E-state index contributed by atoms with van der Waals surface area (Å²) in [5.74, 6) is 1.15. The van der Waals surface area contributed by atoms with Crippen LogP contribution in [0.5, 0.6) is 11.5 Å². The molecule has 6 nitrogen and oxygen atoms in total. The molecule has 10 heteroatoms. The zero-order valence-electron chi connectivity index (χ0n) is 18.4. The lowest BCUT2D eigenvalue weighted by Gasteiger charge is -2.23. The van der Waals surface area contributed by atoms with Crippen LogP contribution in [0.2, 0.25) is 0 Å². The minimum Gasteiger partial charge on any atom is -0.497 e. The van der Waals surface area contributed by atoms with E-state index in [0.717, 1.165) is 16.4 Å². The number of hydrogen-bond donors (Lipinski definition) is 0. The molecule has 0 saturated heterocycles. The fourth-order valence-corrected chi connectivity index (χ4v) is 4.73. The lowest BCUT2D eigenvalue weighted by atomic mass is 10.1. The monoisotopic (exact) mass is 493 g/mol. The standard InChI is InChI=1S/C24H22F3NO5S/c1-32-20-8-3-17(4-9-20)14-28(15-18-5-10-21(33-2)11-6-18)34(30,31)22-12-7-19(16-29)23(13-22)24(25,26)27/h3-13,16H,14-15H2,1-2H3. The first kappa shape index (κ1) is 25.3. The molecule has 34 heavy (non-hydrogen) atoms. The second-order valence-corrected chi connectivity index (χ2v) is 9.27. The van der Waals surface area contributed by atoms with E-state index in [1.165, 1.54) is 14.2 Å². The van der Waals surface area contributed by atoms with Crippen molar-refractivity contribution < 1.29 is 35.9 Å². The van der Waals surface area contributed by atoms with Crippen LogP contribution in [0.4, 0.5) is 13.2 Å². The lowest BCUT2D eigenvalue weighted by molar-refractivity contribution is -0.138. The van der Waals surface area contributed by atoms with Gasteiger partial charge in [-0.3, -0.25) is 4.79 Å². The molecule has 0 radical (unpaired) electrons. The number of alkyl halides is 3. The molecule has 3 rings (SSSR count). The highest BCUT2D eigenvalue weighted by Crippen LogP contribution is 2.34. The van der Waals surface area contributed by atoms with E-state index in [1.807, 2.05) is 0 Å². The van der Waals surface area contributed by atoms with Crippen LogP contribution in [-0.2, 0) is 29.3 Å². The summed E-state index contributed by atoms with van der Waals surface area (Å²) in [6.07, 6.45) is -4.84. The van der Waals surface area contributed by atoms with E-state index in [1.54, 1.807) is 48.5 Å². The van der Waals surface area contributed by atoms with E-state index in [0.29, 0.717) is 28.7 Å². The first-order valence-corrected chi connectivity index (χ1v) is 11.4. The van der Waals surface area contributed by atoms with Crippen molar-refractivity contribution in [2.45, 2.75) is 24.2 Å². The number of halogens is 3. The summed E-state index contributed by atoms with van der Waals surface area (Å²) in [5, 5.41) is 0. The summed E-state index contributed by atoms with van der Waals surface area (Å²) in [6, 6.07) is 15.7. The minimum atomic E-state index is -4.89. The molecule has 0 aliphatic heterocycles. The SMILES string of the molecule is COc1ccc(CN(Cc2ccc(OC)cc2)S(=O)(=O)c2ccc(C=O)c(C(F)(F)F)c2)cc1. The van der Waals surface area contributed by atoms with Crippen molar-refractivity contribution in [3.8, 4) is 11.5 Å². The van der Waals surface area contributed by atoms with Crippen molar-refractivity contribution >= 4 is 16.3 Å². The van der Waals surface area contributed by atoms with Crippen molar-refractivity contribution in [2.24, 2.45) is 0 Å². The molecule has 0 aliphatic carbocycles. The molecule has 0 aliphatic rings. The number of nitrogens with zero attached hydrogens (tertiary/aromatic N) is 1. The van der Waals surface area contributed by atoms with Crippen molar-refractivity contribution in [2.75, 3.05) is 14.2 Å². The number of rotatable bonds is 9. The Morgan fingerprint density at radius 2 is 1.29 bits per heavy atom. The van der Waals surface area contributed by atoms with Gasteiger partial charge in [0.25, 0.3) is 0 Å². The highest BCUT2D eigenvalue weighted by Gasteiger charge is 2.36. The molecule has 0 amide bonds. The van der Waals surface area contributed by atoms with Gasteiger partial charge >= 0.3 is 6.18 Å². The zero-order valence-corrected chi connectivity index (χ0v) is 19.2. The fraction of sp³-hybridized carbons (Fsp3) is 0.208. The molecule has 180 valence electrons. The Kier molecular flexibility index (Phi) is 7.63. The predicted molar refractivity (Wildman–Crippen MR) is 119 cm³/mol. The number of ether oxygens (including phenoxy) is 2.